The summed E-state index contributed by atoms with van der Waals surface area (Å²) in [4.78, 5) is 20.1. The molecule has 0 aliphatic rings. The second kappa shape index (κ2) is 6.22. The molecule has 0 spiro atoms. The smallest absolute Gasteiger partial charge is 0.253 e. The number of imidazole rings is 1. The molecule has 1 aromatic heterocycles. The fraction of sp³-hybridized carbons (Fsp3) is 0.176. The molecular formula is C17H15Cl2N3O. The van der Waals surface area contributed by atoms with Crippen molar-refractivity contribution in [2.45, 2.75) is 19.9 Å². The molecule has 1 heterocycles. The van der Waals surface area contributed by atoms with E-state index in [1.807, 2.05) is 32.0 Å². The van der Waals surface area contributed by atoms with Crippen molar-refractivity contribution < 1.29 is 4.79 Å². The summed E-state index contributed by atoms with van der Waals surface area (Å²) in [5, 5.41) is 3.70. The number of fused-ring (bicyclic) bond motifs is 1. The molecule has 2 aromatic carbocycles. The van der Waals surface area contributed by atoms with Gasteiger partial charge in [-0.3, -0.25) is 4.79 Å². The number of aromatic nitrogens is 2. The van der Waals surface area contributed by atoms with Gasteiger partial charge in [0.15, 0.2) is 0 Å². The van der Waals surface area contributed by atoms with Crippen molar-refractivity contribution in [2.24, 2.45) is 0 Å². The second-order valence-corrected chi connectivity index (χ2v) is 6.31. The normalized spacial score (nSPS) is 12.3. The summed E-state index contributed by atoms with van der Waals surface area (Å²) in [6, 6.07) is 10.5. The molecule has 118 valence electrons. The standard InChI is InChI=1S/C17H15Cl2N3O/c1-9-3-6-14-15(7-9)22-16(21-14)10(2)20-17(23)12-5-4-11(18)8-13(12)19/h3-8,10H,1-2H3,(H,20,23)(H,21,22)/t10-/m1/s1. The van der Waals surface area contributed by atoms with E-state index in [-0.39, 0.29) is 11.9 Å². The van der Waals surface area contributed by atoms with Crippen LogP contribution < -0.4 is 5.32 Å². The van der Waals surface area contributed by atoms with Crippen LogP contribution in [0.5, 0.6) is 0 Å². The summed E-state index contributed by atoms with van der Waals surface area (Å²) in [5.74, 6) is 0.430. The highest BCUT2D eigenvalue weighted by molar-refractivity contribution is 6.36. The number of aromatic amines is 1. The van der Waals surface area contributed by atoms with E-state index in [0.29, 0.717) is 21.4 Å². The molecule has 4 nitrogen and oxygen atoms in total. The van der Waals surface area contributed by atoms with Crippen molar-refractivity contribution in [3.63, 3.8) is 0 Å². The largest absolute Gasteiger partial charge is 0.342 e. The molecule has 0 aliphatic heterocycles. The van der Waals surface area contributed by atoms with Gasteiger partial charge in [-0.25, -0.2) is 4.98 Å². The van der Waals surface area contributed by atoms with Crippen LogP contribution in [-0.2, 0) is 0 Å². The van der Waals surface area contributed by atoms with Gasteiger partial charge in [-0.2, -0.15) is 0 Å². The molecule has 1 amide bonds. The molecule has 0 bridgehead atoms. The maximum Gasteiger partial charge on any atom is 0.253 e. The zero-order chi connectivity index (χ0) is 16.6. The number of hydrogen-bond donors (Lipinski definition) is 2. The Labute approximate surface area is 143 Å². The van der Waals surface area contributed by atoms with Crippen molar-refractivity contribution in [3.8, 4) is 0 Å². The number of nitrogens with zero attached hydrogens (tertiary/aromatic N) is 1. The van der Waals surface area contributed by atoms with E-state index in [2.05, 4.69) is 15.3 Å². The molecule has 0 radical (unpaired) electrons. The van der Waals surface area contributed by atoms with Gasteiger partial charge in [0.1, 0.15) is 5.82 Å². The van der Waals surface area contributed by atoms with Crippen molar-refractivity contribution >= 4 is 40.1 Å². The highest BCUT2D eigenvalue weighted by Crippen LogP contribution is 2.22. The Morgan fingerprint density at radius 3 is 2.74 bits per heavy atom. The van der Waals surface area contributed by atoms with Gasteiger partial charge in [0.2, 0.25) is 0 Å². The van der Waals surface area contributed by atoms with Crippen LogP contribution >= 0.6 is 23.2 Å². The predicted octanol–water partition coefficient (Wildman–Crippen LogP) is 4.67. The fourth-order valence-corrected chi connectivity index (χ4v) is 2.86. The van der Waals surface area contributed by atoms with E-state index in [4.69, 9.17) is 23.2 Å². The van der Waals surface area contributed by atoms with Crippen molar-refractivity contribution in [1.29, 1.82) is 0 Å². The number of rotatable bonds is 3. The second-order valence-electron chi connectivity index (χ2n) is 5.46. The number of nitrogens with one attached hydrogen (secondary N) is 2. The van der Waals surface area contributed by atoms with Gasteiger partial charge in [-0.15, -0.1) is 0 Å². The third-order valence-corrected chi connectivity index (χ3v) is 4.14. The molecule has 6 heteroatoms. The van der Waals surface area contributed by atoms with Gasteiger partial charge in [-0.05, 0) is 49.7 Å². The van der Waals surface area contributed by atoms with Crippen LogP contribution in [0.4, 0.5) is 0 Å². The molecule has 0 saturated carbocycles. The first-order chi connectivity index (χ1) is 10.9. The number of aryl methyl sites for hydroxylation is 1. The van der Waals surface area contributed by atoms with Crippen LogP contribution in [0.25, 0.3) is 11.0 Å². The number of carbonyl (C=O) groups excluding carboxylic acids is 1. The summed E-state index contributed by atoms with van der Waals surface area (Å²) in [5.41, 5.74) is 3.36. The Hall–Kier alpha value is -2.04. The first-order valence-electron chi connectivity index (χ1n) is 7.16. The number of amides is 1. The molecule has 0 unspecified atom stereocenters. The average molecular weight is 348 g/mol. The lowest BCUT2D eigenvalue weighted by Crippen LogP contribution is -2.27. The monoisotopic (exact) mass is 347 g/mol. The lowest BCUT2D eigenvalue weighted by atomic mass is 10.2. The van der Waals surface area contributed by atoms with Crippen LogP contribution in [0.3, 0.4) is 0 Å². The van der Waals surface area contributed by atoms with Gasteiger partial charge in [0.25, 0.3) is 5.91 Å². The van der Waals surface area contributed by atoms with E-state index < -0.39 is 0 Å². The summed E-state index contributed by atoms with van der Waals surface area (Å²) in [6.45, 7) is 3.89. The molecule has 23 heavy (non-hydrogen) atoms. The minimum Gasteiger partial charge on any atom is -0.342 e. The Bertz CT molecular complexity index is 889. The van der Waals surface area contributed by atoms with E-state index in [0.717, 1.165) is 16.6 Å². The van der Waals surface area contributed by atoms with Crippen molar-refractivity contribution in [2.75, 3.05) is 0 Å². The van der Waals surface area contributed by atoms with Crippen molar-refractivity contribution in [3.05, 3.63) is 63.4 Å². The van der Waals surface area contributed by atoms with E-state index in [1.165, 1.54) is 0 Å². The molecule has 3 aromatic rings. The summed E-state index contributed by atoms with van der Waals surface area (Å²) >= 11 is 11.9. The van der Waals surface area contributed by atoms with E-state index in [1.54, 1.807) is 18.2 Å². The summed E-state index contributed by atoms with van der Waals surface area (Å²) < 4.78 is 0. The summed E-state index contributed by atoms with van der Waals surface area (Å²) in [6.07, 6.45) is 0. The van der Waals surface area contributed by atoms with Crippen LogP contribution in [-0.4, -0.2) is 15.9 Å². The maximum absolute atomic E-state index is 12.3. The molecule has 0 aliphatic carbocycles. The number of halogens is 2. The highest BCUT2D eigenvalue weighted by Gasteiger charge is 2.17. The number of carbonyl (C=O) groups is 1. The predicted molar refractivity (Wildman–Crippen MR) is 93.2 cm³/mol. The van der Waals surface area contributed by atoms with Crippen LogP contribution in [0.2, 0.25) is 10.0 Å². The molecule has 3 rings (SSSR count). The fourth-order valence-electron chi connectivity index (χ4n) is 2.36. The average Bonchev–Trinajstić information content (AvgIpc) is 2.90. The lowest BCUT2D eigenvalue weighted by Gasteiger charge is -2.12. The molecule has 2 N–H and O–H groups in total. The zero-order valence-corrected chi connectivity index (χ0v) is 14.2. The Balaban J connectivity index is 1.82. The van der Waals surface area contributed by atoms with Gasteiger partial charge in [0.05, 0.1) is 27.7 Å². The molecule has 1 atom stereocenters. The van der Waals surface area contributed by atoms with Gasteiger partial charge in [-0.1, -0.05) is 29.3 Å². The maximum atomic E-state index is 12.3. The minimum absolute atomic E-state index is 0.268. The number of H-pyrrole nitrogens is 1. The van der Waals surface area contributed by atoms with Crippen molar-refractivity contribution in [1.82, 2.24) is 15.3 Å². The van der Waals surface area contributed by atoms with Crippen LogP contribution in [0.15, 0.2) is 36.4 Å². The molecular weight excluding hydrogens is 333 g/mol. The quantitative estimate of drug-likeness (QED) is 0.723. The highest BCUT2D eigenvalue weighted by atomic mass is 35.5. The van der Waals surface area contributed by atoms with E-state index in [9.17, 15) is 4.79 Å². The molecule has 0 fully saturated rings. The zero-order valence-electron chi connectivity index (χ0n) is 12.7. The first-order valence-corrected chi connectivity index (χ1v) is 7.92. The molecule has 0 saturated heterocycles. The van der Waals surface area contributed by atoms with E-state index >= 15 is 0 Å². The lowest BCUT2D eigenvalue weighted by molar-refractivity contribution is 0.0938. The van der Waals surface area contributed by atoms with Gasteiger partial charge in [0, 0.05) is 5.02 Å². The third kappa shape index (κ3) is 3.33. The first kappa shape index (κ1) is 15.8. The van der Waals surface area contributed by atoms with Crippen LogP contribution in [0, 0.1) is 6.92 Å². The SMILES string of the molecule is Cc1ccc2nc([C@@H](C)NC(=O)c3ccc(Cl)cc3Cl)[nH]c2c1. The Kier molecular flexibility index (Phi) is 4.28. The Morgan fingerprint density at radius 1 is 1.22 bits per heavy atom. The topological polar surface area (TPSA) is 57.8 Å². The third-order valence-electron chi connectivity index (χ3n) is 3.59. The van der Waals surface area contributed by atoms with Crippen LogP contribution in [0.1, 0.15) is 34.7 Å². The van der Waals surface area contributed by atoms with Gasteiger partial charge >= 0.3 is 0 Å². The van der Waals surface area contributed by atoms with Gasteiger partial charge < -0.3 is 10.3 Å². The number of hydrogen-bond acceptors (Lipinski definition) is 2. The summed E-state index contributed by atoms with van der Waals surface area (Å²) in [7, 11) is 0. The number of benzene rings is 2. The minimum atomic E-state index is -0.276. The Morgan fingerprint density at radius 2 is 2.00 bits per heavy atom.